The SMILES string of the molecule is CC1CC(F)(F)CN(C(=O)c2ncc(Cl)cc2-n2nccn2)C1CNc1ncc(C(F)(F)F)cn1. The maximum atomic E-state index is 14.5. The summed E-state index contributed by atoms with van der Waals surface area (Å²) in [4.78, 5) is 26.9. The van der Waals surface area contributed by atoms with Crippen molar-refractivity contribution in [3.05, 3.63) is 53.3 Å². The van der Waals surface area contributed by atoms with E-state index in [0.29, 0.717) is 12.4 Å². The Labute approximate surface area is 200 Å². The Hall–Kier alpha value is -3.42. The summed E-state index contributed by atoms with van der Waals surface area (Å²) in [5.74, 6) is -4.78. The van der Waals surface area contributed by atoms with Gasteiger partial charge in [0.1, 0.15) is 5.69 Å². The number of pyridine rings is 1. The molecule has 9 nitrogen and oxygen atoms in total. The van der Waals surface area contributed by atoms with E-state index in [1.807, 2.05) is 0 Å². The Morgan fingerprint density at radius 2 is 1.83 bits per heavy atom. The number of hydrogen-bond donors (Lipinski definition) is 1. The molecule has 1 aliphatic rings. The molecular formula is C20H18ClF5N8O. The molecule has 15 heteroatoms. The van der Waals surface area contributed by atoms with Gasteiger partial charge in [0.15, 0.2) is 5.69 Å². The Morgan fingerprint density at radius 3 is 2.46 bits per heavy atom. The maximum Gasteiger partial charge on any atom is 0.419 e. The van der Waals surface area contributed by atoms with E-state index in [1.54, 1.807) is 6.92 Å². The van der Waals surface area contributed by atoms with Crippen LogP contribution in [0.2, 0.25) is 5.02 Å². The minimum absolute atomic E-state index is 0.0860. The van der Waals surface area contributed by atoms with Crippen molar-refractivity contribution >= 4 is 23.5 Å². The van der Waals surface area contributed by atoms with Crippen molar-refractivity contribution in [2.24, 2.45) is 5.92 Å². The van der Waals surface area contributed by atoms with Gasteiger partial charge in [0.05, 0.1) is 35.6 Å². The number of hydrogen-bond acceptors (Lipinski definition) is 7. The third-order valence-corrected chi connectivity index (χ3v) is 5.67. The first-order chi connectivity index (χ1) is 16.4. The van der Waals surface area contributed by atoms with Crippen molar-refractivity contribution in [2.45, 2.75) is 31.5 Å². The van der Waals surface area contributed by atoms with Crippen molar-refractivity contribution in [3.63, 3.8) is 0 Å². The topological polar surface area (TPSA) is 102 Å². The summed E-state index contributed by atoms with van der Waals surface area (Å²) in [7, 11) is 0. The van der Waals surface area contributed by atoms with Gasteiger partial charge in [-0.1, -0.05) is 18.5 Å². The van der Waals surface area contributed by atoms with E-state index >= 15 is 0 Å². The van der Waals surface area contributed by atoms with Crippen molar-refractivity contribution in [3.8, 4) is 5.69 Å². The lowest BCUT2D eigenvalue weighted by Gasteiger charge is -2.43. The van der Waals surface area contributed by atoms with Gasteiger partial charge in [-0.15, -0.1) is 4.80 Å². The highest BCUT2D eigenvalue weighted by molar-refractivity contribution is 6.30. The molecule has 4 heterocycles. The van der Waals surface area contributed by atoms with Gasteiger partial charge in [-0.3, -0.25) is 4.79 Å². The molecule has 0 saturated carbocycles. The molecule has 0 aromatic carbocycles. The van der Waals surface area contributed by atoms with Crippen LogP contribution in [0.1, 0.15) is 29.4 Å². The van der Waals surface area contributed by atoms with E-state index in [-0.39, 0.29) is 28.9 Å². The number of anilines is 1. The monoisotopic (exact) mass is 516 g/mol. The first kappa shape index (κ1) is 24.7. The summed E-state index contributed by atoms with van der Waals surface area (Å²) in [6.45, 7) is 0.586. The number of likely N-dealkylation sites (tertiary alicyclic amines) is 1. The Bertz CT molecular complexity index is 1190. The Balaban J connectivity index is 1.61. The van der Waals surface area contributed by atoms with E-state index in [9.17, 15) is 26.7 Å². The summed E-state index contributed by atoms with van der Waals surface area (Å²) in [6, 6.07) is 0.611. The van der Waals surface area contributed by atoms with Gasteiger partial charge in [0, 0.05) is 31.6 Å². The summed E-state index contributed by atoms with van der Waals surface area (Å²) < 4.78 is 67.2. The highest BCUT2D eigenvalue weighted by Crippen LogP contribution is 2.36. The predicted molar refractivity (Wildman–Crippen MR) is 113 cm³/mol. The summed E-state index contributed by atoms with van der Waals surface area (Å²) in [5.41, 5.74) is -1.11. The van der Waals surface area contributed by atoms with Crippen LogP contribution in [-0.4, -0.2) is 65.8 Å². The lowest BCUT2D eigenvalue weighted by molar-refractivity contribution is -0.138. The van der Waals surface area contributed by atoms with Crippen LogP contribution in [0.4, 0.5) is 27.9 Å². The van der Waals surface area contributed by atoms with Crippen LogP contribution < -0.4 is 5.32 Å². The molecule has 3 aromatic heterocycles. The van der Waals surface area contributed by atoms with Gasteiger partial charge in [-0.25, -0.2) is 23.7 Å². The molecule has 1 aliphatic heterocycles. The van der Waals surface area contributed by atoms with Crippen molar-refractivity contribution < 1.29 is 26.7 Å². The molecular weight excluding hydrogens is 499 g/mol. The minimum Gasteiger partial charge on any atom is -0.352 e. The fourth-order valence-electron chi connectivity index (χ4n) is 3.86. The lowest BCUT2D eigenvalue weighted by atomic mass is 9.88. The van der Waals surface area contributed by atoms with E-state index in [0.717, 1.165) is 9.70 Å². The fraction of sp³-hybridized carbons (Fsp3) is 0.400. The number of rotatable bonds is 5. The zero-order valence-electron chi connectivity index (χ0n) is 18.0. The molecule has 186 valence electrons. The number of aromatic nitrogens is 6. The average molecular weight is 517 g/mol. The number of carbonyl (C=O) groups excluding carboxylic acids is 1. The second kappa shape index (κ2) is 9.32. The largest absolute Gasteiger partial charge is 0.419 e. The van der Waals surface area contributed by atoms with E-state index < -0.39 is 48.5 Å². The molecule has 1 N–H and O–H groups in total. The number of nitrogens with one attached hydrogen (secondary N) is 1. The van der Waals surface area contributed by atoms with Crippen molar-refractivity contribution in [1.82, 2.24) is 34.8 Å². The maximum absolute atomic E-state index is 14.5. The number of alkyl halides is 5. The van der Waals surface area contributed by atoms with E-state index in [1.165, 1.54) is 24.7 Å². The number of halogens is 6. The molecule has 0 radical (unpaired) electrons. The molecule has 0 spiro atoms. The number of carbonyl (C=O) groups is 1. The van der Waals surface area contributed by atoms with Crippen molar-refractivity contribution in [2.75, 3.05) is 18.4 Å². The third-order valence-electron chi connectivity index (χ3n) is 5.46. The molecule has 0 aliphatic carbocycles. The zero-order chi connectivity index (χ0) is 25.4. The lowest BCUT2D eigenvalue weighted by Crippen LogP contribution is -2.57. The first-order valence-corrected chi connectivity index (χ1v) is 10.7. The molecule has 35 heavy (non-hydrogen) atoms. The Kier molecular flexibility index (Phi) is 6.58. The van der Waals surface area contributed by atoms with E-state index in [2.05, 4.69) is 30.5 Å². The quantitative estimate of drug-likeness (QED) is 0.516. The molecule has 2 atom stereocenters. The fourth-order valence-corrected chi connectivity index (χ4v) is 4.01. The molecule has 1 saturated heterocycles. The van der Waals surface area contributed by atoms with Crippen LogP contribution in [0.25, 0.3) is 5.69 Å². The third kappa shape index (κ3) is 5.47. The summed E-state index contributed by atoms with van der Waals surface area (Å²) in [6.07, 6.45) is 0.0642. The molecule has 3 aromatic rings. The molecule has 1 amide bonds. The van der Waals surface area contributed by atoms with Crippen LogP contribution in [-0.2, 0) is 6.18 Å². The second-order valence-electron chi connectivity index (χ2n) is 8.05. The van der Waals surface area contributed by atoms with Gasteiger partial charge in [-0.2, -0.15) is 23.4 Å². The van der Waals surface area contributed by atoms with Gasteiger partial charge in [-0.05, 0) is 12.0 Å². The summed E-state index contributed by atoms with van der Waals surface area (Å²) >= 11 is 6.01. The van der Waals surface area contributed by atoms with Crippen LogP contribution in [0.3, 0.4) is 0 Å². The summed E-state index contributed by atoms with van der Waals surface area (Å²) in [5, 5.41) is 10.8. The molecule has 0 bridgehead atoms. The predicted octanol–water partition coefficient (Wildman–Crippen LogP) is 3.72. The zero-order valence-corrected chi connectivity index (χ0v) is 18.8. The van der Waals surface area contributed by atoms with Crippen LogP contribution >= 0.6 is 11.6 Å². The highest BCUT2D eigenvalue weighted by Gasteiger charge is 2.46. The smallest absolute Gasteiger partial charge is 0.352 e. The first-order valence-electron chi connectivity index (χ1n) is 10.3. The number of amides is 1. The van der Waals surface area contributed by atoms with Crippen LogP contribution in [0.15, 0.2) is 37.1 Å². The standard InChI is InChI=1S/C20H18ClF5N8O/c1-11-5-19(22,23)10-33(15(11)9-30-18-28-6-12(7-29-18)20(24,25)26)17(35)16-14(4-13(21)8-27-16)34-31-2-3-32-34/h2-4,6-8,11,15H,5,9-10H2,1H3,(H,28,29,30). The van der Waals surface area contributed by atoms with E-state index in [4.69, 9.17) is 11.6 Å². The molecule has 1 fully saturated rings. The van der Waals surface area contributed by atoms with Gasteiger partial charge < -0.3 is 10.2 Å². The van der Waals surface area contributed by atoms with Crippen molar-refractivity contribution in [1.29, 1.82) is 0 Å². The second-order valence-corrected chi connectivity index (χ2v) is 8.49. The number of nitrogens with zero attached hydrogens (tertiary/aromatic N) is 7. The Morgan fingerprint density at radius 1 is 1.17 bits per heavy atom. The normalized spacial score (nSPS) is 20.0. The minimum atomic E-state index is -4.60. The van der Waals surface area contributed by atoms with Crippen LogP contribution in [0.5, 0.6) is 0 Å². The molecule has 4 rings (SSSR count). The number of piperidine rings is 1. The average Bonchev–Trinajstić information content (AvgIpc) is 3.31. The highest BCUT2D eigenvalue weighted by atomic mass is 35.5. The van der Waals surface area contributed by atoms with Gasteiger partial charge in [0.25, 0.3) is 11.8 Å². The molecule has 2 unspecified atom stereocenters. The van der Waals surface area contributed by atoms with Gasteiger partial charge in [0.2, 0.25) is 5.95 Å². The van der Waals surface area contributed by atoms with Gasteiger partial charge >= 0.3 is 6.18 Å². The van der Waals surface area contributed by atoms with Crippen LogP contribution in [0, 0.1) is 5.92 Å².